The first-order chi connectivity index (χ1) is 12.0. The molecule has 0 aliphatic rings. The Morgan fingerprint density at radius 3 is 2.68 bits per heavy atom. The Kier molecular flexibility index (Phi) is 4.85. The van der Waals surface area contributed by atoms with Crippen LogP contribution in [-0.4, -0.2) is 22.5 Å². The molecule has 2 aromatic carbocycles. The van der Waals surface area contributed by atoms with Gasteiger partial charge in [0.25, 0.3) is 5.69 Å². The molecule has 128 valence electrons. The van der Waals surface area contributed by atoms with Crippen LogP contribution in [-0.2, 0) is 6.42 Å². The van der Waals surface area contributed by atoms with E-state index in [2.05, 4.69) is 15.6 Å². The summed E-state index contributed by atoms with van der Waals surface area (Å²) in [5.41, 5.74) is 2.52. The number of carbonyl (C=O) groups excluding carboxylic acids is 1. The molecule has 0 radical (unpaired) electrons. The number of urea groups is 1. The number of H-pyrrole nitrogens is 1. The molecule has 8 heteroatoms. The van der Waals surface area contributed by atoms with Gasteiger partial charge in [-0.15, -0.1) is 0 Å². The van der Waals surface area contributed by atoms with Crippen LogP contribution in [0.25, 0.3) is 10.9 Å². The molecule has 0 unspecified atom stereocenters. The lowest BCUT2D eigenvalue weighted by molar-refractivity contribution is -0.384. The van der Waals surface area contributed by atoms with Crippen LogP contribution in [0.5, 0.6) is 0 Å². The van der Waals surface area contributed by atoms with Crippen molar-refractivity contribution in [2.24, 2.45) is 0 Å². The second-order valence-corrected chi connectivity index (χ2v) is 5.88. The van der Waals surface area contributed by atoms with Crippen molar-refractivity contribution in [3.8, 4) is 0 Å². The van der Waals surface area contributed by atoms with E-state index in [1.807, 2.05) is 24.4 Å². The van der Waals surface area contributed by atoms with Gasteiger partial charge in [0, 0.05) is 46.5 Å². The second-order valence-electron chi connectivity index (χ2n) is 5.44. The number of nitro groups is 1. The molecular weight excluding hydrogens is 344 g/mol. The maximum absolute atomic E-state index is 11.9. The molecule has 0 saturated carbocycles. The summed E-state index contributed by atoms with van der Waals surface area (Å²) >= 11 is 6.02. The highest BCUT2D eigenvalue weighted by atomic mass is 35.5. The van der Waals surface area contributed by atoms with Crippen LogP contribution >= 0.6 is 11.6 Å². The number of nitrogens with zero attached hydrogens (tertiary/aromatic N) is 1. The molecule has 0 fully saturated rings. The Balaban J connectivity index is 1.53. The van der Waals surface area contributed by atoms with E-state index >= 15 is 0 Å². The molecule has 0 aliphatic heterocycles. The summed E-state index contributed by atoms with van der Waals surface area (Å²) in [6.45, 7) is 0.443. The van der Waals surface area contributed by atoms with Gasteiger partial charge in [0.1, 0.15) is 0 Å². The molecule has 3 aromatic rings. The third kappa shape index (κ3) is 4.07. The minimum Gasteiger partial charge on any atom is -0.361 e. The summed E-state index contributed by atoms with van der Waals surface area (Å²) in [5.74, 6) is 0. The SMILES string of the molecule is O=C(NCCc1c[nH]c2ccc(Cl)cc12)Nc1ccc([N+](=O)[O-])cc1. The first-order valence-electron chi connectivity index (χ1n) is 7.58. The number of halogens is 1. The summed E-state index contributed by atoms with van der Waals surface area (Å²) < 4.78 is 0. The van der Waals surface area contributed by atoms with Gasteiger partial charge in [-0.25, -0.2) is 4.79 Å². The third-order valence-corrected chi connectivity index (χ3v) is 3.98. The molecule has 0 saturated heterocycles. The van der Waals surface area contributed by atoms with E-state index in [-0.39, 0.29) is 11.7 Å². The number of nitro benzene ring substituents is 1. The molecular formula is C17H15ClN4O3. The lowest BCUT2D eigenvalue weighted by atomic mass is 10.1. The highest BCUT2D eigenvalue weighted by Gasteiger charge is 2.07. The molecule has 0 atom stereocenters. The fourth-order valence-electron chi connectivity index (χ4n) is 2.51. The number of amides is 2. The quantitative estimate of drug-likeness (QED) is 0.473. The van der Waals surface area contributed by atoms with Gasteiger partial charge in [0.05, 0.1) is 4.92 Å². The molecule has 1 aromatic heterocycles. The van der Waals surface area contributed by atoms with Crippen LogP contribution in [0.4, 0.5) is 16.2 Å². The van der Waals surface area contributed by atoms with Gasteiger partial charge in [-0.2, -0.15) is 0 Å². The molecule has 3 N–H and O–H groups in total. The van der Waals surface area contributed by atoms with Gasteiger partial charge in [-0.05, 0) is 42.3 Å². The molecule has 3 rings (SSSR count). The van der Waals surface area contributed by atoms with Gasteiger partial charge in [-0.1, -0.05) is 11.6 Å². The lowest BCUT2D eigenvalue weighted by Crippen LogP contribution is -2.30. The van der Waals surface area contributed by atoms with Gasteiger partial charge in [0.2, 0.25) is 0 Å². The topological polar surface area (TPSA) is 100 Å². The summed E-state index contributed by atoms with van der Waals surface area (Å²) in [5, 5.41) is 17.7. The number of anilines is 1. The molecule has 25 heavy (non-hydrogen) atoms. The maximum atomic E-state index is 11.9. The molecule has 0 aliphatic carbocycles. The van der Waals surface area contributed by atoms with Crippen LogP contribution in [0.2, 0.25) is 5.02 Å². The summed E-state index contributed by atoms with van der Waals surface area (Å²) in [7, 11) is 0. The average molecular weight is 359 g/mol. The molecule has 0 bridgehead atoms. The zero-order chi connectivity index (χ0) is 17.8. The van der Waals surface area contributed by atoms with E-state index in [4.69, 9.17) is 11.6 Å². The van der Waals surface area contributed by atoms with Gasteiger partial charge in [0.15, 0.2) is 0 Å². The Morgan fingerprint density at radius 1 is 1.20 bits per heavy atom. The van der Waals surface area contributed by atoms with E-state index in [0.29, 0.717) is 23.7 Å². The Morgan fingerprint density at radius 2 is 1.96 bits per heavy atom. The summed E-state index contributed by atoms with van der Waals surface area (Å²) in [6, 6.07) is 10.9. The number of aromatic nitrogens is 1. The zero-order valence-corrected chi connectivity index (χ0v) is 13.8. The lowest BCUT2D eigenvalue weighted by Gasteiger charge is -2.07. The number of fused-ring (bicyclic) bond motifs is 1. The number of rotatable bonds is 5. The summed E-state index contributed by atoms with van der Waals surface area (Å²) in [4.78, 5) is 25.2. The van der Waals surface area contributed by atoms with Crippen molar-refractivity contribution >= 4 is 39.9 Å². The minimum absolute atomic E-state index is 0.0241. The van der Waals surface area contributed by atoms with Crippen LogP contribution in [0, 0.1) is 10.1 Å². The zero-order valence-electron chi connectivity index (χ0n) is 13.1. The van der Waals surface area contributed by atoms with Crippen molar-refractivity contribution in [1.82, 2.24) is 10.3 Å². The fraction of sp³-hybridized carbons (Fsp3) is 0.118. The number of hydrogen-bond donors (Lipinski definition) is 3. The van der Waals surface area contributed by atoms with Crippen molar-refractivity contribution in [2.45, 2.75) is 6.42 Å². The number of aromatic amines is 1. The highest BCUT2D eigenvalue weighted by Crippen LogP contribution is 2.22. The Bertz CT molecular complexity index is 921. The minimum atomic E-state index is -0.489. The predicted molar refractivity (Wildman–Crippen MR) is 97.1 cm³/mol. The molecule has 7 nitrogen and oxygen atoms in total. The highest BCUT2D eigenvalue weighted by molar-refractivity contribution is 6.31. The first-order valence-corrected chi connectivity index (χ1v) is 7.95. The largest absolute Gasteiger partial charge is 0.361 e. The van der Waals surface area contributed by atoms with Crippen molar-refractivity contribution in [2.75, 3.05) is 11.9 Å². The van der Waals surface area contributed by atoms with Gasteiger partial charge in [-0.3, -0.25) is 10.1 Å². The number of non-ortho nitro benzene ring substituents is 1. The van der Waals surface area contributed by atoms with Crippen molar-refractivity contribution < 1.29 is 9.72 Å². The van der Waals surface area contributed by atoms with E-state index in [1.54, 1.807) is 0 Å². The van der Waals surface area contributed by atoms with Crippen molar-refractivity contribution in [3.05, 3.63) is 69.4 Å². The smallest absolute Gasteiger partial charge is 0.319 e. The van der Waals surface area contributed by atoms with E-state index < -0.39 is 4.92 Å². The number of benzene rings is 2. The van der Waals surface area contributed by atoms with Gasteiger partial charge >= 0.3 is 6.03 Å². The first kappa shape index (κ1) is 16.8. The van der Waals surface area contributed by atoms with Gasteiger partial charge < -0.3 is 15.6 Å². The van der Waals surface area contributed by atoms with Crippen LogP contribution in [0.15, 0.2) is 48.7 Å². The fourth-order valence-corrected chi connectivity index (χ4v) is 2.68. The average Bonchev–Trinajstić information content (AvgIpc) is 2.97. The van der Waals surface area contributed by atoms with E-state index in [0.717, 1.165) is 16.5 Å². The Hall–Kier alpha value is -3.06. The molecule has 1 heterocycles. The maximum Gasteiger partial charge on any atom is 0.319 e. The van der Waals surface area contributed by atoms with Crippen LogP contribution in [0.3, 0.4) is 0 Å². The van der Waals surface area contributed by atoms with Crippen molar-refractivity contribution in [1.29, 1.82) is 0 Å². The monoisotopic (exact) mass is 358 g/mol. The molecule has 0 spiro atoms. The Labute approximate surface area is 148 Å². The number of nitrogens with one attached hydrogen (secondary N) is 3. The molecule has 2 amide bonds. The standard InChI is InChI=1S/C17H15ClN4O3/c18-12-1-6-16-15(9-12)11(10-20-16)7-8-19-17(23)21-13-2-4-14(5-3-13)22(24)25/h1-6,9-10,20H,7-8H2,(H2,19,21,23). The number of carbonyl (C=O) groups is 1. The van der Waals surface area contributed by atoms with E-state index in [9.17, 15) is 14.9 Å². The normalized spacial score (nSPS) is 10.6. The second kappa shape index (κ2) is 7.23. The number of hydrogen-bond acceptors (Lipinski definition) is 3. The van der Waals surface area contributed by atoms with Crippen LogP contribution < -0.4 is 10.6 Å². The van der Waals surface area contributed by atoms with Crippen LogP contribution in [0.1, 0.15) is 5.56 Å². The summed E-state index contributed by atoms with van der Waals surface area (Å²) in [6.07, 6.45) is 2.55. The van der Waals surface area contributed by atoms with Crippen molar-refractivity contribution in [3.63, 3.8) is 0 Å². The third-order valence-electron chi connectivity index (χ3n) is 3.75. The van der Waals surface area contributed by atoms with E-state index in [1.165, 1.54) is 24.3 Å². The predicted octanol–water partition coefficient (Wildman–Crippen LogP) is 4.09.